The minimum Gasteiger partial charge on any atom is -0.394 e. The number of hydrogen-bond donors (Lipinski definition) is 12. The molecule has 0 bridgehead atoms. The average Bonchev–Trinajstić information content (AvgIpc) is 3.07. The van der Waals surface area contributed by atoms with E-state index in [2.05, 4.69) is 0 Å². The van der Waals surface area contributed by atoms with Crippen molar-refractivity contribution in [3.8, 4) is 0 Å². The summed E-state index contributed by atoms with van der Waals surface area (Å²) in [7, 11) is -4.67. The Balaban J connectivity index is 0.000000877. The molecule has 2 aliphatic heterocycles. The van der Waals surface area contributed by atoms with Crippen molar-refractivity contribution in [2.75, 3.05) is 6.61 Å². The number of hydrogen-bond acceptors (Lipinski definition) is 16. The second kappa shape index (κ2) is 13.1. The van der Waals surface area contributed by atoms with E-state index < -0.39 is 109 Å². The highest BCUT2D eigenvalue weighted by Gasteiger charge is 2.52. The van der Waals surface area contributed by atoms with E-state index in [9.17, 15) is 30.6 Å². The van der Waals surface area contributed by atoms with Gasteiger partial charge < -0.3 is 72.5 Å². The summed E-state index contributed by atoms with van der Waals surface area (Å²) in [6.07, 6.45) is -13.9. The van der Waals surface area contributed by atoms with Crippen molar-refractivity contribution in [1.29, 1.82) is 0 Å². The first-order valence-electron chi connectivity index (χ1n) is 11.3. The third-order valence-electron chi connectivity index (χ3n) is 6.35. The van der Waals surface area contributed by atoms with Crippen LogP contribution in [0.2, 0.25) is 0 Å². The first-order chi connectivity index (χ1) is 17.0. The largest absolute Gasteiger partial charge is 0.394 e. The number of rotatable bonds is 6. The molecule has 3 aliphatic rings. The number of aliphatic hydroxyl groups excluding tert-OH is 6. The Morgan fingerprint density at radius 1 is 0.838 bits per heavy atom. The number of nitrogens with two attached hydrogens (primary N) is 4. The Hall–Kier alpha value is -0.690. The van der Waals surface area contributed by atoms with Gasteiger partial charge in [0, 0.05) is 18.1 Å². The van der Waals surface area contributed by atoms with E-state index in [-0.39, 0.29) is 6.42 Å². The quantitative estimate of drug-likeness (QED) is 0.133. The molecule has 18 nitrogen and oxygen atoms in total. The monoisotopic (exact) mass is 566 g/mol. The van der Waals surface area contributed by atoms with Gasteiger partial charge in [0.05, 0.1) is 18.8 Å². The van der Waals surface area contributed by atoms with Crippen LogP contribution < -0.4 is 22.9 Å². The zero-order chi connectivity index (χ0) is 28.4. The molecule has 3 fully saturated rings. The molecular formula is C18H38N4O14S. The maximum Gasteiger partial charge on any atom is 0.394 e. The van der Waals surface area contributed by atoms with Crippen molar-refractivity contribution in [2.24, 2.45) is 22.9 Å². The molecule has 2 saturated heterocycles. The lowest BCUT2D eigenvalue weighted by Gasteiger charge is -2.47. The molecule has 0 aromatic carbocycles. The molecule has 19 heteroatoms. The summed E-state index contributed by atoms with van der Waals surface area (Å²) in [5, 5.41) is 60.8. The molecule has 2 heterocycles. The van der Waals surface area contributed by atoms with E-state index in [0.29, 0.717) is 0 Å². The fourth-order valence-corrected chi connectivity index (χ4v) is 4.36. The molecule has 15 atom stereocenters. The van der Waals surface area contributed by atoms with Crippen LogP contribution in [0.15, 0.2) is 0 Å². The molecule has 0 amide bonds. The zero-order valence-electron chi connectivity index (χ0n) is 19.8. The maximum absolute atomic E-state index is 10.7. The van der Waals surface area contributed by atoms with Gasteiger partial charge >= 0.3 is 10.4 Å². The van der Waals surface area contributed by atoms with Gasteiger partial charge in [-0.15, -0.1) is 0 Å². The lowest BCUT2D eigenvalue weighted by molar-refractivity contribution is -0.310. The summed E-state index contributed by atoms with van der Waals surface area (Å²) in [4.78, 5) is 0. The predicted molar refractivity (Wildman–Crippen MR) is 121 cm³/mol. The number of ether oxygens (including phenoxy) is 4. The van der Waals surface area contributed by atoms with Gasteiger partial charge in [0.15, 0.2) is 12.6 Å². The van der Waals surface area contributed by atoms with Gasteiger partial charge in [0.1, 0.15) is 48.8 Å². The lowest BCUT2D eigenvalue weighted by Crippen LogP contribution is -2.68. The van der Waals surface area contributed by atoms with Crippen LogP contribution in [0.4, 0.5) is 0 Å². The second-order valence-electron chi connectivity index (χ2n) is 9.30. The SMILES string of the molecule is C[C@H](N)[C@H]1O[C@H](O[C@@H]2[C@@H](O)[C@H](N)C[C@H](N)[C@H]2O[C@H]2O[C@H](CO)[C@@H](O)[C@H](O)[C@H]2N)[C@H](O)[C@@H]1O.O=S(=O)(O)O. The summed E-state index contributed by atoms with van der Waals surface area (Å²) < 4.78 is 54.2. The first-order valence-corrected chi connectivity index (χ1v) is 12.7. The van der Waals surface area contributed by atoms with Crippen LogP contribution >= 0.6 is 0 Å². The van der Waals surface area contributed by atoms with Crippen molar-refractivity contribution in [3.63, 3.8) is 0 Å². The van der Waals surface area contributed by atoms with Crippen molar-refractivity contribution < 1.29 is 67.1 Å². The van der Waals surface area contributed by atoms with Crippen LogP contribution in [0.5, 0.6) is 0 Å². The summed E-state index contributed by atoms with van der Waals surface area (Å²) >= 11 is 0. The summed E-state index contributed by atoms with van der Waals surface area (Å²) in [5.74, 6) is 0. The highest BCUT2D eigenvalue weighted by Crippen LogP contribution is 2.32. The summed E-state index contributed by atoms with van der Waals surface area (Å²) in [6, 6.07) is -3.39. The lowest BCUT2D eigenvalue weighted by atomic mass is 9.84. The van der Waals surface area contributed by atoms with Crippen molar-refractivity contribution >= 4 is 10.4 Å². The molecule has 0 aromatic heterocycles. The smallest absolute Gasteiger partial charge is 0.394 e. The topological polar surface area (TPSA) is 337 Å². The zero-order valence-corrected chi connectivity index (χ0v) is 20.6. The van der Waals surface area contributed by atoms with E-state index in [1.807, 2.05) is 0 Å². The molecule has 0 unspecified atom stereocenters. The molecule has 37 heavy (non-hydrogen) atoms. The molecular weight excluding hydrogens is 528 g/mol. The normalized spacial score (nSPS) is 47.7. The summed E-state index contributed by atoms with van der Waals surface area (Å²) in [5.41, 5.74) is 23.9. The third-order valence-corrected chi connectivity index (χ3v) is 6.35. The van der Waals surface area contributed by atoms with Gasteiger partial charge in [-0.1, -0.05) is 0 Å². The molecule has 1 saturated carbocycles. The molecule has 0 aromatic rings. The van der Waals surface area contributed by atoms with Gasteiger partial charge in [-0.05, 0) is 13.3 Å². The van der Waals surface area contributed by atoms with Gasteiger partial charge in [-0.2, -0.15) is 8.42 Å². The highest BCUT2D eigenvalue weighted by atomic mass is 32.3. The molecule has 0 spiro atoms. The van der Waals surface area contributed by atoms with Gasteiger partial charge in [0.2, 0.25) is 0 Å². The van der Waals surface area contributed by atoms with Crippen LogP contribution in [0.25, 0.3) is 0 Å². The maximum atomic E-state index is 10.7. The molecule has 1 aliphatic carbocycles. The number of aliphatic hydroxyl groups is 6. The van der Waals surface area contributed by atoms with Crippen molar-refractivity contribution in [2.45, 2.75) is 105 Å². The van der Waals surface area contributed by atoms with Gasteiger partial charge in [-0.3, -0.25) is 9.11 Å². The van der Waals surface area contributed by atoms with E-state index in [4.69, 9.17) is 59.4 Å². The van der Waals surface area contributed by atoms with Crippen LogP contribution in [0, 0.1) is 0 Å². The average molecular weight is 567 g/mol. The molecule has 220 valence electrons. The third kappa shape index (κ3) is 8.16. The Morgan fingerprint density at radius 3 is 1.86 bits per heavy atom. The fraction of sp³-hybridized carbons (Fsp3) is 1.00. The van der Waals surface area contributed by atoms with Crippen LogP contribution in [0.1, 0.15) is 13.3 Å². The molecule has 16 N–H and O–H groups in total. The minimum absolute atomic E-state index is 0.140. The molecule has 0 radical (unpaired) electrons. The standard InChI is InChI=1S/C18H36N4O10.H2O4S/c1-4(19)14-12(27)13(28)18(30-14)32-16-9(24)5(20)2-6(21)15(16)31-17-8(22)11(26)10(25)7(3-23)29-17;1-5(2,3)4/h4-18,23-28H,2-3,19-22H2,1H3;(H2,1,2,3,4)/t4-,5+,6-,7+,8+,9-,10+,11+,12-,13+,14+,15+,16+,17+,18+;/m0./s1. The minimum atomic E-state index is -4.67. The second-order valence-corrected chi connectivity index (χ2v) is 10.2. The molecule has 3 rings (SSSR count). The van der Waals surface area contributed by atoms with Gasteiger partial charge in [0.25, 0.3) is 0 Å². The highest BCUT2D eigenvalue weighted by molar-refractivity contribution is 7.79. The Morgan fingerprint density at radius 2 is 1.38 bits per heavy atom. The van der Waals surface area contributed by atoms with E-state index in [1.165, 1.54) is 0 Å². The van der Waals surface area contributed by atoms with Crippen LogP contribution in [-0.4, -0.2) is 146 Å². The van der Waals surface area contributed by atoms with E-state index in [1.54, 1.807) is 6.92 Å². The van der Waals surface area contributed by atoms with Crippen LogP contribution in [-0.2, 0) is 29.3 Å². The van der Waals surface area contributed by atoms with Crippen molar-refractivity contribution in [1.82, 2.24) is 0 Å². The van der Waals surface area contributed by atoms with Crippen molar-refractivity contribution in [3.05, 3.63) is 0 Å². The van der Waals surface area contributed by atoms with Gasteiger partial charge in [-0.25, -0.2) is 0 Å². The first kappa shape index (κ1) is 32.5. The summed E-state index contributed by atoms with van der Waals surface area (Å²) in [6.45, 7) is 0.989. The Bertz CT molecular complexity index is 816. The van der Waals surface area contributed by atoms with E-state index >= 15 is 0 Å². The van der Waals surface area contributed by atoms with Crippen LogP contribution in [0.3, 0.4) is 0 Å². The Kier molecular flexibility index (Phi) is 11.5. The fourth-order valence-electron chi connectivity index (χ4n) is 4.36. The van der Waals surface area contributed by atoms with E-state index in [0.717, 1.165) is 0 Å². The Labute approximate surface area is 212 Å². The predicted octanol–water partition coefficient (Wildman–Crippen LogP) is -6.92.